The zero-order chi connectivity index (χ0) is 11.1. The Bertz CT molecular complexity index is 294. The van der Waals surface area contributed by atoms with Crippen molar-refractivity contribution in [3.05, 3.63) is 11.6 Å². The van der Waals surface area contributed by atoms with Crippen molar-refractivity contribution in [1.82, 2.24) is 9.80 Å². The van der Waals surface area contributed by atoms with Gasteiger partial charge in [-0.15, -0.1) is 0 Å². The number of nitrogens with zero attached hydrogens (tertiary/aromatic N) is 2. The van der Waals surface area contributed by atoms with Gasteiger partial charge in [0.25, 0.3) is 0 Å². The fourth-order valence-electron chi connectivity index (χ4n) is 1.66. The normalized spacial score (nSPS) is 17.9. The van der Waals surface area contributed by atoms with E-state index in [-0.39, 0.29) is 0 Å². The molecule has 4 heteroatoms. The van der Waals surface area contributed by atoms with Gasteiger partial charge in [0.1, 0.15) is 11.9 Å². The van der Waals surface area contributed by atoms with Crippen molar-refractivity contribution in [3.8, 4) is 0 Å². The van der Waals surface area contributed by atoms with Crippen molar-refractivity contribution in [1.29, 1.82) is 0 Å². The van der Waals surface area contributed by atoms with Crippen LogP contribution in [0.15, 0.2) is 11.6 Å². The SMILES string of the molecule is CC(=C=O)CN1CCN(CC=C=O)CC1. The van der Waals surface area contributed by atoms with Crippen LogP contribution in [0.25, 0.3) is 0 Å². The van der Waals surface area contributed by atoms with Gasteiger partial charge >= 0.3 is 0 Å². The summed E-state index contributed by atoms with van der Waals surface area (Å²) in [6, 6.07) is 0. The van der Waals surface area contributed by atoms with Crippen LogP contribution in [0.1, 0.15) is 6.92 Å². The van der Waals surface area contributed by atoms with Gasteiger partial charge in [0.2, 0.25) is 0 Å². The van der Waals surface area contributed by atoms with Crippen LogP contribution in [0.2, 0.25) is 0 Å². The quantitative estimate of drug-likeness (QED) is 0.598. The van der Waals surface area contributed by atoms with E-state index in [9.17, 15) is 9.59 Å². The summed E-state index contributed by atoms with van der Waals surface area (Å²) in [4.78, 5) is 24.8. The molecule has 0 aromatic rings. The van der Waals surface area contributed by atoms with Crippen molar-refractivity contribution >= 4 is 11.9 Å². The average Bonchev–Trinajstić information content (AvgIpc) is 2.28. The van der Waals surface area contributed by atoms with Gasteiger partial charge in [-0.3, -0.25) is 9.80 Å². The minimum absolute atomic E-state index is 0.680. The number of rotatable bonds is 4. The van der Waals surface area contributed by atoms with Gasteiger partial charge in [-0.1, -0.05) is 0 Å². The first-order valence-electron chi connectivity index (χ1n) is 5.11. The Morgan fingerprint density at radius 2 is 1.80 bits per heavy atom. The lowest BCUT2D eigenvalue weighted by Gasteiger charge is -2.33. The summed E-state index contributed by atoms with van der Waals surface area (Å²) in [5.74, 6) is 3.69. The summed E-state index contributed by atoms with van der Waals surface area (Å²) in [5.41, 5.74) is 0.747. The molecule has 0 N–H and O–H groups in total. The van der Waals surface area contributed by atoms with Gasteiger partial charge in [-0.05, 0) is 6.92 Å². The van der Waals surface area contributed by atoms with E-state index in [0.29, 0.717) is 13.1 Å². The van der Waals surface area contributed by atoms with Crippen LogP contribution in [-0.2, 0) is 9.59 Å². The number of carbonyl (C=O) groups excluding carboxylic acids is 2. The van der Waals surface area contributed by atoms with Crippen molar-refractivity contribution in [2.24, 2.45) is 0 Å². The van der Waals surface area contributed by atoms with E-state index in [2.05, 4.69) is 9.80 Å². The molecule has 0 saturated carbocycles. The van der Waals surface area contributed by atoms with Gasteiger partial charge in [0, 0.05) is 50.9 Å². The highest BCUT2D eigenvalue weighted by Crippen LogP contribution is 2.03. The standard InChI is InChI=1S/C11H16N2O2/c1-11(10-15)9-13-6-4-12(5-7-13)3-2-8-14/h2H,3-7,9H2,1H3. The van der Waals surface area contributed by atoms with Crippen LogP contribution in [0.4, 0.5) is 0 Å². The highest BCUT2D eigenvalue weighted by molar-refractivity contribution is 5.51. The monoisotopic (exact) mass is 208 g/mol. The molecule has 0 amide bonds. The van der Waals surface area contributed by atoms with Crippen LogP contribution < -0.4 is 0 Å². The lowest BCUT2D eigenvalue weighted by Crippen LogP contribution is -2.46. The second kappa shape index (κ2) is 6.33. The number of hydrogen-bond donors (Lipinski definition) is 0. The third-order valence-corrected chi connectivity index (χ3v) is 2.53. The van der Waals surface area contributed by atoms with E-state index in [1.165, 1.54) is 6.08 Å². The van der Waals surface area contributed by atoms with E-state index < -0.39 is 0 Å². The highest BCUT2D eigenvalue weighted by Gasteiger charge is 2.15. The molecular weight excluding hydrogens is 192 g/mol. The molecule has 1 aliphatic rings. The summed E-state index contributed by atoms with van der Waals surface area (Å²) in [6.45, 7) is 6.93. The molecule has 1 aliphatic heterocycles. The lowest BCUT2D eigenvalue weighted by molar-refractivity contribution is 0.152. The Labute approximate surface area is 89.8 Å². The molecule has 0 aromatic carbocycles. The molecular formula is C11H16N2O2. The van der Waals surface area contributed by atoms with Crippen molar-refractivity contribution in [3.63, 3.8) is 0 Å². The zero-order valence-electron chi connectivity index (χ0n) is 9.03. The summed E-state index contributed by atoms with van der Waals surface area (Å²) < 4.78 is 0. The maximum Gasteiger partial charge on any atom is 0.124 e. The van der Waals surface area contributed by atoms with E-state index in [1.807, 2.05) is 5.94 Å². The third-order valence-electron chi connectivity index (χ3n) is 2.53. The molecule has 1 heterocycles. The maximum absolute atomic E-state index is 10.3. The van der Waals surface area contributed by atoms with Crippen LogP contribution in [0.5, 0.6) is 0 Å². The van der Waals surface area contributed by atoms with E-state index in [4.69, 9.17) is 0 Å². The smallest absolute Gasteiger partial charge is 0.124 e. The van der Waals surface area contributed by atoms with Crippen LogP contribution in [-0.4, -0.2) is 61.0 Å². The zero-order valence-corrected chi connectivity index (χ0v) is 9.03. The predicted octanol–water partition coefficient (Wildman–Crippen LogP) is -0.230. The fourth-order valence-corrected chi connectivity index (χ4v) is 1.66. The van der Waals surface area contributed by atoms with E-state index in [0.717, 1.165) is 31.8 Å². The second-order valence-corrected chi connectivity index (χ2v) is 3.78. The molecule has 15 heavy (non-hydrogen) atoms. The molecule has 0 aliphatic carbocycles. The predicted molar refractivity (Wildman–Crippen MR) is 58.0 cm³/mol. The van der Waals surface area contributed by atoms with Gasteiger partial charge in [0.05, 0.1) is 0 Å². The number of hydrogen-bond acceptors (Lipinski definition) is 4. The fraction of sp³-hybridized carbons (Fsp3) is 0.636. The summed E-state index contributed by atoms with van der Waals surface area (Å²) in [5, 5.41) is 0. The number of piperazine rings is 1. The minimum atomic E-state index is 0.680. The molecule has 1 fully saturated rings. The topological polar surface area (TPSA) is 40.6 Å². The molecule has 0 spiro atoms. The Kier molecular flexibility index (Phi) is 5.02. The summed E-state index contributed by atoms with van der Waals surface area (Å²) >= 11 is 0. The maximum atomic E-state index is 10.3. The largest absolute Gasteiger partial charge is 0.296 e. The Morgan fingerprint density at radius 1 is 1.20 bits per heavy atom. The van der Waals surface area contributed by atoms with E-state index in [1.54, 1.807) is 12.9 Å². The molecule has 1 rings (SSSR count). The Hall–Kier alpha value is -1.18. The van der Waals surface area contributed by atoms with Crippen molar-refractivity contribution in [2.45, 2.75) is 6.92 Å². The third kappa shape index (κ3) is 4.24. The molecule has 4 nitrogen and oxygen atoms in total. The van der Waals surface area contributed by atoms with Gasteiger partial charge in [0.15, 0.2) is 0 Å². The van der Waals surface area contributed by atoms with Crippen LogP contribution >= 0.6 is 0 Å². The molecule has 0 radical (unpaired) electrons. The average molecular weight is 208 g/mol. The second-order valence-electron chi connectivity index (χ2n) is 3.78. The molecule has 0 atom stereocenters. The molecule has 0 bridgehead atoms. The molecule has 0 unspecified atom stereocenters. The first-order valence-corrected chi connectivity index (χ1v) is 5.11. The van der Waals surface area contributed by atoms with Crippen LogP contribution in [0, 0.1) is 0 Å². The first kappa shape index (κ1) is 11.9. The minimum Gasteiger partial charge on any atom is -0.296 e. The van der Waals surface area contributed by atoms with Gasteiger partial charge < -0.3 is 0 Å². The van der Waals surface area contributed by atoms with E-state index >= 15 is 0 Å². The van der Waals surface area contributed by atoms with Gasteiger partial charge in [-0.2, -0.15) is 0 Å². The molecule has 1 saturated heterocycles. The lowest BCUT2D eigenvalue weighted by atomic mass is 10.2. The van der Waals surface area contributed by atoms with Gasteiger partial charge in [-0.25, -0.2) is 9.59 Å². The summed E-state index contributed by atoms with van der Waals surface area (Å²) in [6.07, 6.45) is 1.51. The van der Waals surface area contributed by atoms with Crippen molar-refractivity contribution in [2.75, 3.05) is 39.3 Å². The molecule has 0 aromatic heterocycles. The summed E-state index contributed by atoms with van der Waals surface area (Å²) in [7, 11) is 0. The first-order chi connectivity index (χ1) is 7.26. The highest BCUT2D eigenvalue weighted by atomic mass is 16.1. The Balaban J connectivity index is 2.29. The van der Waals surface area contributed by atoms with Crippen molar-refractivity contribution < 1.29 is 9.59 Å². The van der Waals surface area contributed by atoms with Crippen LogP contribution in [0.3, 0.4) is 0 Å². The molecule has 82 valence electrons. The Morgan fingerprint density at radius 3 is 2.33 bits per heavy atom.